The number of piperazine rings is 1. The number of hydrogen-bond donors (Lipinski definition) is 1. The number of hydrogen-bond acceptors (Lipinski definition) is 7. The van der Waals surface area contributed by atoms with Crippen LogP contribution in [-0.4, -0.2) is 83.5 Å². The quantitative estimate of drug-likeness (QED) is 0.676. The predicted molar refractivity (Wildman–Crippen MR) is 101 cm³/mol. The van der Waals surface area contributed by atoms with E-state index in [1.54, 1.807) is 19.7 Å². The molecule has 0 saturated carbocycles. The van der Waals surface area contributed by atoms with Gasteiger partial charge in [0, 0.05) is 44.0 Å². The fourth-order valence-corrected chi connectivity index (χ4v) is 3.07. The van der Waals surface area contributed by atoms with Gasteiger partial charge in [-0.2, -0.15) is 9.90 Å². The monoisotopic (exact) mass is 382 g/mol. The van der Waals surface area contributed by atoms with Gasteiger partial charge in [-0.15, -0.1) is 10.2 Å². The molecule has 1 N–H and O–H groups in total. The Kier molecular flexibility index (Phi) is 5.24. The molecule has 0 bridgehead atoms. The van der Waals surface area contributed by atoms with E-state index in [-0.39, 0.29) is 6.03 Å². The largest absolute Gasteiger partial charge is 0.322 e. The molecule has 28 heavy (non-hydrogen) atoms. The predicted octanol–water partition coefficient (Wildman–Crippen LogP) is 0.318. The summed E-state index contributed by atoms with van der Waals surface area (Å²) in [6.45, 7) is 4.80. The Morgan fingerprint density at radius 1 is 1.11 bits per heavy atom. The summed E-state index contributed by atoms with van der Waals surface area (Å²) in [5, 5.41) is 19.0. The molecule has 0 radical (unpaired) electrons. The average Bonchev–Trinajstić information content (AvgIpc) is 3.39. The minimum Gasteiger partial charge on any atom is -0.322 e. The van der Waals surface area contributed by atoms with E-state index in [0.29, 0.717) is 18.9 Å². The van der Waals surface area contributed by atoms with Crippen LogP contribution in [-0.2, 0) is 13.6 Å². The van der Waals surface area contributed by atoms with Crippen molar-refractivity contribution in [3.63, 3.8) is 0 Å². The second-order valence-corrected chi connectivity index (χ2v) is 6.60. The number of aryl methyl sites for hydroxylation is 1. The third-order valence-electron chi connectivity index (χ3n) is 4.67. The van der Waals surface area contributed by atoms with E-state index in [2.05, 4.69) is 35.7 Å². The van der Waals surface area contributed by atoms with Crippen molar-refractivity contribution in [2.45, 2.75) is 6.54 Å². The highest BCUT2D eigenvalue weighted by molar-refractivity contribution is 5.89. The molecule has 2 amide bonds. The summed E-state index contributed by atoms with van der Waals surface area (Å²) in [7, 11) is 1.72. The van der Waals surface area contributed by atoms with Gasteiger partial charge < -0.3 is 10.2 Å². The smallest absolute Gasteiger partial charge is 0.321 e. The van der Waals surface area contributed by atoms with Gasteiger partial charge in [-0.1, -0.05) is 0 Å². The lowest BCUT2D eigenvalue weighted by molar-refractivity contribution is 0.143. The first kappa shape index (κ1) is 18.0. The van der Waals surface area contributed by atoms with E-state index < -0.39 is 0 Å². The molecule has 11 heteroatoms. The highest BCUT2D eigenvalue weighted by Gasteiger charge is 2.21. The van der Waals surface area contributed by atoms with Gasteiger partial charge in [0.15, 0.2) is 0 Å². The molecule has 4 rings (SSSR count). The normalized spacial score (nSPS) is 15.0. The summed E-state index contributed by atoms with van der Waals surface area (Å²) < 4.78 is 1.82. The lowest BCUT2D eigenvalue weighted by Gasteiger charge is -2.34. The van der Waals surface area contributed by atoms with E-state index in [1.165, 1.54) is 4.80 Å². The maximum atomic E-state index is 12.5. The number of rotatable bonds is 5. The number of amides is 2. The Hall–Kier alpha value is -3.34. The molecule has 1 aliphatic rings. The fourth-order valence-electron chi connectivity index (χ4n) is 3.07. The van der Waals surface area contributed by atoms with Gasteiger partial charge in [-0.25, -0.2) is 9.78 Å². The second-order valence-electron chi connectivity index (χ2n) is 6.60. The minimum absolute atomic E-state index is 0.0821. The Balaban J connectivity index is 1.25. The highest BCUT2D eigenvalue weighted by atomic mass is 16.2. The Bertz CT molecular complexity index is 896. The molecule has 1 aromatic carbocycles. The molecule has 146 valence electrons. The van der Waals surface area contributed by atoms with Crippen LogP contribution in [0.5, 0.6) is 0 Å². The molecule has 0 aliphatic carbocycles. The van der Waals surface area contributed by atoms with E-state index in [0.717, 1.165) is 37.4 Å². The Morgan fingerprint density at radius 3 is 2.54 bits per heavy atom. The number of carbonyl (C=O) groups excluding carboxylic acids is 1. The van der Waals surface area contributed by atoms with E-state index in [1.807, 2.05) is 33.8 Å². The van der Waals surface area contributed by atoms with Crippen molar-refractivity contribution in [3.8, 4) is 11.4 Å². The van der Waals surface area contributed by atoms with Crippen LogP contribution in [0, 0.1) is 0 Å². The van der Waals surface area contributed by atoms with Crippen LogP contribution in [0.15, 0.2) is 36.9 Å². The number of anilines is 1. The summed E-state index contributed by atoms with van der Waals surface area (Å²) in [6.07, 6.45) is 3.26. The molecule has 1 saturated heterocycles. The number of tetrazole rings is 1. The van der Waals surface area contributed by atoms with Gasteiger partial charge in [0.2, 0.25) is 5.82 Å². The van der Waals surface area contributed by atoms with Crippen molar-refractivity contribution < 1.29 is 4.79 Å². The highest BCUT2D eigenvalue weighted by Crippen LogP contribution is 2.17. The molecular weight excluding hydrogens is 360 g/mol. The molecule has 1 fully saturated rings. The SMILES string of the molecule is Cn1nnc(-c2ccc(NC(=O)N3CCN(CCn4cncn4)CC3)cc2)n1. The number of nitrogens with one attached hydrogen (secondary N) is 1. The molecule has 0 atom stereocenters. The maximum absolute atomic E-state index is 12.5. The van der Waals surface area contributed by atoms with Crippen LogP contribution in [0.1, 0.15) is 0 Å². The number of carbonyl (C=O) groups is 1. The summed E-state index contributed by atoms with van der Waals surface area (Å²) in [5.74, 6) is 0.558. The molecular formula is C17H22N10O. The molecule has 3 heterocycles. The summed E-state index contributed by atoms with van der Waals surface area (Å²) in [6, 6.07) is 7.35. The van der Waals surface area contributed by atoms with Crippen molar-refractivity contribution in [1.29, 1.82) is 0 Å². The van der Waals surface area contributed by atoms with Gasteiger partial charge in [0.1, 0.15) is 12.7 Å². The van der Waals surface area contributed by atoms with Crippen molar-refractivity contribution >= 4 is 11.7 Å². The maximum Gasteiger partial charge on any atom is 0.321 e. The zero-order valence-electron chi connectivity index (χ0n) is 15.6. The van der Waals surface area contributed by atoms with Gasteiger partial charge in [-0.05, 0) is 29.5 Å². The summed E-state index contributed by atoms with van der Waals surface area (Å²) in [5.41, 5.74) is 1.60. The number of benzene rings is 1. The van der Waals surface area contributed by atoms with Gasteiger partial charge in [0.05, 0.1) is 13.6 Å². The molecule has 3 aromatic rings. The van der Waals surface area contributed by atoms with Crippen molar-refractivity contribution in [2.75, 3.05) is 38.0 Å². The third-order valence-corrected chi connectivity index (χ3v) is 4.67. The fraction of sp³-hybridized carbons (Fsp3) is 0.412. The van der Waals surface area contributed by atoms with Crippen LogP contribution in [0.25, 0.3) is 11.4 Å². The van der Waals surface area contributed by atoms with Crippen LogP contribution in [0.4, 0.5) is 10.5 Å². The van der Waals surface area contributed by atoms with Crippen LogP contribution < -0.4 is 5.32 Å². The zero-order valence-corrected chi connectivity index (χ0v) is 15.6. The minimum atomic E-state index is -0.0821. The molecule has 1 aliphatic heterocycles. The lowest BCUT2D eigenvalue weighted by Crippen LogP contribution is -2.50. The van der Waals surface area contributed by atoms with E-state index in [9.17, 15) is 4.79 Å². The molecule has 0 unspecified atom stereocenters. The average molecular weight is 382 g/mol. The first-order valence-electron chi connectivity index (χ1n) is 9.12. The van der Waals surface area contributed by atoms with Crippen LogP contribution >= 0.6 is 0 Å². The molecule has 11 nitrogen and oxygen atoms in total. The third kappa shape index (κ3) is 4.31. The lowest BCUT2D eigenvalue weighted by atomic mass is 10.2. The Labute approximate surface area is 162 Å². The molecule has 0 spiro atoms. The number of aromatic nitrogens is 7. The topological polar surface area (TPSA) is 110 Å². The van der Waals surface area contributed by atoms with E-state index >= 15 is 0 Å². The van der Waals surface area contributed by atoms with Crippen molar-refractivity contribution in [1.82, 2.24) is 44.8 Å². The first-order chi connectivity index (χ1) is 13.7. The van der Waals surface area contributed by atoms with E-state index in [4.69, 9.17) is 0 Å². The van der Waals surface area contributed by atoms with Crippen LogP contribution in [0.3, 0.4) is 0 Å². The van der Waals surface area contributed by atoms with Crippen molar-refractivity contribution in [2.24, 2.45) is 7.05 Å². The standard InChI is InChI=1S/C17H22N10O/c1-24-22-16(21-23-24)14-2-4-15(5-3-14)20-17(28)26-9-6-25(7-10-26)8-11-27-13-18-12-19-27/h2-5,12-13H,6-11H2,1H3,(H,20,28). The first-order valence-corrected chi connectivity index (χ1v) is 9.12. The second kappa shape index (κ2) is 8.13. The zero-order chi connectivity index (χ0) is 19.3. The Morgan fingerprint density at radius 2 is 1.89 bits per heavy atom. The molecule has 2 aromatic heterocycles. The van der Waals surface area contributed by atoms with Crippen LogP contribution in [0.2, 0.25) is 0 Å². The number of urea groups is 1. The summed E-state index contributed by atoms with van der Waals surface area (Å²) >= 11 is 0. The van der Waals surface area contributed by atoms with Gasteiger partial charge >= 0.3 is 6.03 Å². The van der Waals surface area contributed by atoms with Gasteiger partial charge in [0.25, 0.3) is 0 Å². The van der Waals surface area contributed by atoms with Gasteiger partial charge in [-0.3, -0.25) is 9.58 Å². The number of nitrogens with zero attached hydrogens (tertiary/aromatic N) is 9. The van der Waals surface area contributed by atoms with Crippen molar-refractivity contribution in [3.05, 3.63) is 36.9 Å². The summed E-state index contributed by atoms with van der Waals surface area (Å²) in [4.78, 5) is 22.0.